The molecule has 2 aliphatic rings. The Morgan fingerprint density at radius 2 is 2.00 bits per heavy atom. The van der Waals surface area contributed by atoms with Gasteiger partial charge in [-0.1, -0.05) is 0 Å². The fraction of sp³-hybridized carbons (Fsp3) is 0.769. The Hall–Kier alpha value is -1.63. The Morgan fingerprint density at radius 1 is 1.30 bits per heavy atom. The van der Waals surface area contributed by atoms with Crippen LogP contribution in [0.15, 0.2) is 0 Å². The highest BCUT2D eigenvalue weighted by molar-refractivity contribution is 6.35. The molecule has 2 fully saturated rings. The van der Waals surface area contributed by atoms with Crippen molar-refractivity contribution in [1.82, 2.24) is 20.0 Å². The number of piperazine rings is 2. The first-order chi connectivity index (χ1) is 9.58. The summed E-state index contributed by atoms with van der Waals surface area (Å²) in [6.45, 7) is 7.41. The van der Waals surface area contributed by atoms with Crippen LogP contribution in [0.25, 0.3) is 0 Å². The summed E-state index contributed by atoms with van der Waals surface area (Å²) in [7, 11) is 0. The Morgan fingerprint density at radius 3 is 2.65 bits per heavy atom. The number of carbonyl (C=O) groups is 3. The fourth-order valence-electron chi connectivity index (χ4n) is 2.76. The zero-order chi connectivity index (χ0) is 14.7. The maximum atomic E-state index is 12.1. The SMILES string of the molecule is CCN(CC)C(=O)CN1CC2CNCCN2C(=O)C1=O. The van der Waals surface area contributed by atoms with Crippen LogP contribution < -0.4 is 5.32 Å². The van der Waals surface area contributed by atoms with E-state index >= 15 is 0 Å². The average Bonchev–Trinajstić information content (AvgIpc) is 2.46. The monoisotopic (exact) mass is 282 g/mol. The van der Waals surface area contributed by atoms with E-state index in [0.717, 1.165) is 0 Å². The van der Waals surface area contributed by atoms with Gasteiger partial charge >= 0.3 is 11.8 Å². The molecule has 0 radical (unpaired) electrons. The molecule has 2 aliphatic heterocycles. The van der Waals surface area contributed by atoms with E-state index in [1.165, 1.54) is 4.90 Å². The summed E-state index contributed by atoms with van der Waals surface area (Å²) in [4.78, 5) is 40.9. The molecular formula is C13H22N4O3. The molecule has 1 unspecified atom stereocenters. The Bertz CT molecular complexity index is 408. The molecule has 0 saturated carbocycles. The van der Waals surface area contributed by atoms with Gasteiger partial charge in [0.05, 0.1) is 6.04 Å². The van der Waals surface area contributed by atoms with Crippen LogP contribution in [0.1, 0.15) is 13.8 Å². The van der Waals surface area contributed by atoms with Crippen LogP contribution in [0.5, 0.6) is 0 Å². The predicted molar refractivity (Wildman–Crippen MR) is 72.9 cm³/mol. The number of amides is 3. The van der Waals surface area contributed by atoms with Gasteiger partial charge in [0, 0.05) is 39.3 Å². The van der Waals surface area contributed by atoms with Crippen molar-refractivity contribution in [2.75, 3.05) is 45.8 Å². The number of nitrogens with zero attached hydrogens (tertiary/aromatic N) is 3. The van der Waals surface area contributed by atoms with Crippen LogP contribution in [-0.4, -0.2) is 84.3 Å². The first-order valence-corrected chi connectivity index (χ1v) is 7.16. The van der Waals surface area contributed by atoms with Gasteiger partial charge in [-0.15, -0.1) is 0 Å². The molecule has 0 aromatic carbocycles. The lowest BCUT2D eigenvalue weighted by atomic mass is 10.1. The van der Waals surface area contributed by atoms with E-state index in [9.17, 15) is 14.4 Å². The van der Waals surface area contributed by atoms with E-state index in [0.29, 0.717) is 39.3 Å². The molecule has 1 atom stereocenters. The largest absolute Gasteiger partial charge is 0.342 e. The van der Waals surface area contributed by atoms with Crippen LogP contribution in [0.2, 0.25) is 0 Å². The van der Waals surface area contributed by atoms with Gasteiger partial charge in [0.1, 0.15) is 6.54 Å². The van der Waals surface area contributed by atoms with Crippen LogP contribution in [-0.2, 0) is 14.4 Å². The van der Waals surface area contributed by atoms with Gasteiger partial charge in [-0.05, 0) is 13.8 Å². The molecule has 7 nitrogen and oxygen atoms in total. The van der Waals surface area contributed by atoms with Crippen molar-refractivity contribution in [3.05, 3.63) is 0 Å². The summed E-state index contributed by atoms with van der Waals surface area (Å²) in [5, 5.41) is 3.21. The number of hydrogen-bond acceptors (Lipinski definition) is 4. The Balaban J connectivity index is 2.03. The maximum Gasteiger partial charge on any atom is 0.312 e. The molecule has 2 rings (SSSR count). The average molecular weight is 282 g/mol. The normalized spacial score (nSPS) is 22.8. The van der Waals surface area contributed by atoms with E-state index in [2.05, 4.69) is 5.32 Å². The molecule has 2 saturated heterocycles. The number of likely N-dealkylation sites (N-methyl/N-ethyl adjacent to an activating group) is 1. The Kier molecular flexibility index (Phi) is 4.59. The van der Waals surface area contributed by atoms with E-state index in [-0.39, 0.29) is 18.5 Å². The van der Waals surface area contributed by atoms with Crippen molar-refractivity contribution in [2.24, 2.45) is 0 Å². The summed E-state index contributed by atoms with van der Waals surface area (Å²) < 4.78 is 0. The first-order valence-electron chi connectivity index (χ1n) is 7.16. The quantitative estimate of drug-likeness (QED) is 0.637. The number of carbonyl (C=O) groups excluding carboxylic acids is 3. The van der Waals surface area contributed by atoms with Gasteiger partial charge in [0.25, 0.3) is 0 Å². The third-order valence-electron chi connectivity index (χ3n) is 3.95. The van der Waals surface area contributed by atoms with Crippen LogP contribution in [0.4, 0.5) is 0 Å². The highest BCUT2D eigenvalue weighted by Crippen LogP contribution is 2.14. The summed E-state index contributed by atoms with van der Waals surface area (Å²) >= 11 is 0. The molecule has 20 heavy (non-hydrogen) atoms. The van der Waals surface area contributed by atoms with Crippen molar-refractivity contribution in [1.29, 1.82) is 0 Å². The second kappa shape index (κ2) is 6.21. The molecular weight excluding hydrogens is 260 g/mol. The van der Waals surface area contributed by atoms with E-state index in [1.807, 2.05) is 13.8 Å². The summed E-state index contributed by atoms with van der Waals surface area (Å²) in [6, 6.07) is -0.0153. The van der Waals surface area contributed by atoms with Crippen molar-refractivity contribution >= 4 is 17.7 Å². The number of hydrogen-bond donors (Lipinski definition) is 1. The van der Waals surface area contributed by atoms with Gasteiger partial charge in [-0.2, -0.15) is 0 Å². The highest BCUT2D eigenvalue weighted by atomic mass is 16.2. The summed E-state index contributed by atoms with van der Waals surface area (Å²) in [5.41, 5.74) is 0. The molecule has 3 amide bonds. The minimum Gasteiger partial charge on any atom is -0.342 e. The number of nitrogens with one attached hydrogen (secondary N) is 1. The van der Waals surface area contributed by atoms with E-state index < -0.39 is 11.8 Å². The molecule has 0 spiro atoms. The molecule has 112 valence electrons. The minimum absolute atomic E-state index is 0.00338. The van der Waals surface area contributed by atoms with Gasteiger partial charge in [0.15, 0.2) is 0 Å². The Labute approximate surface area is 118 Å². The van der Waals surface area contributed by atoms with Crippen molar-refractivity contribution in [3.63, 3.8) is 0 Å². The van der Waals surface area contributed by atoms with Gasteiger partial charge < -0.3 is 20.0 Å². The van der Waals surface area contributed by atoms with Crippen LogP contribution in [0, 0.1) is 0 Å². The zero-order valence-electron chi connectivity index (χ0n) is 12.1. The molecule has 0 aromatic rings. The minimum atomic E-state index is -0.552. The lowest BCUT2D eigenvalue weighted by molar-refractivity contribution is -0.161. The second-order valence-electron chi connectivity index (χ2n) is 5.11. The molecule has 0 bridgehead atoms. The van der Waals surface area contributed by atoms with Gasteiger partial charge in [0.2, 0.25) is 5.91 Å². The number of rotatable bonds is 4. The summed E-state index contributed by atoms with van der Waals surface area (Å²) in [5.74, 6) is -1.13. The highest BCUT2D eigenvalue weighted by Gasteiger charge is 2.40. The lowest BCUT2D eigenvalue weighted by Gasteiger charge is -2.43. The first kappa shape index (κ1) is 14.8. The molecule has 2 heterocycles. The van der Waals surface area contributed by atoms with E-state index in [1.54, 1.807) is 9.80 Å². The molecule has 0 aromatic heterocycles. The maximum absolute atomic E-state index is 12.1. The zero-order valence-corrected chi connectivity index (χ0v) is 12.1. The molecule has 0 aliphatic carbocycles. The lowest BCUT2D eigenvalue weighted by Crippen LogP contribution is -2.66. The summed E-state index contributed by atoms with van der Waals surface area (Å²) in [6.07, 6.45) is 0. The van der Waals surface area contributed by atoms with Crippen molar-refractivity contribution in [3.8, 4) is 0 Å². The molecule has 7 heteroatoms. The van der Waals surface area contributed by atoms with Crippen LogP contribution in [0.3, 0.4) is 0 Å². The van der Waals surface area contributed by atoms with Gasteiger partial charge in [-0.25, -0.2) is 0 Å². The standard InChI is InChI=1S/C13H22N4O3/c1-3-15(4-2)11(18)9-16-8-10-7-14-5-6-17(10)13(20)12(16)19/h10,14H,3-9H2,1-2H3. The third kappa shape index (κ3) is 2.77. The number of fused-ring (bicyclic) bond motifs is 1. The van der Waals surface area contributed by atoms with E-state index in [4.69, 9.17) is 0 Å². The topological polar surface area (TPSA) is 73.0 Å². The predicted octanol–water partition coefficient (Wildman–Crippen LogP) is -1.50. The smallest absolute Gasteiger partial charge is 0.312 e. The molecule has 1 N–H and O–H groups in total. The van der Waals surface area contributed by atoms with Crippen molar-refractivity contribution < 1.29 is 14.4 Å². The van der Waals surface area contributed by atoms with Crippen molar-refractivity contribution in [2.45, 2.75) is 19.9 Å². The fourth-order valence-corrected chi connectivity index (χ4v) is 2.76. The van der Waals surface area contributed by atoms with Gasteiger partial charge in [-0.3, -0.25) is 14.4 Å². The second-order valence-corrected chi connectivity index (χ2v) is 5.11. The van der Waals surface area contributed by atoms with Crippen LogP contribution >= 0.6 is 0 Å². The third-order valence-corrected chi connectivity index (χ3v) is 3.95.